The molecule has 8 nitrogen and oxygen atoms in total. The smallest absolute Gasteiger partial charge is 0.273 e. The lowest BCUT2D eigenvalue weighted by atomic mass is 10.1. The van der Waals surface area contributed by atoms with Crippen LogP contribution in [0, 0.1) is 4.91 Å². The lowest BCUT2D eigenvalue weighted by Gasteiger charge is -2.24. The van der Waals surface area contributed by atoms with E-state index in [0.717, 1.165) is 24.3 Å². The highest BCUT2D eigenvalue weighted by Crippen LogP contribution is 2.22. The monoisotopic (exact) mass is 310 g/mol. The Balaban J connectivity index is 2.39. The fourth-order valence-corrected chi connectivity index (χ4v) is 3.34. The van der Waals surface area contributed by atoms with Crippen LogP contribution in [0.4, 0.5) is 0 Å². The van der Waals surface area contributed by atoms with Crippen molar-refractivity contribution in [2.24, 2.45) is 5.18 Å². The van der Waals surface area contributed by atoms with E-state index in [2.05, 4.69) is 5.18 Å². The quantitative estimate of drug-likeness (QED) is 0.602. The fraction of sp³-hybridized carbons (Fsp3) is 0.250. The number of nitroso groups, excluding NO2 is 1. The highest BCUT2D eigenvalue weighted by molar-refractivity contribution is 7.90. The van der Waals surface area contributed by atoms with Gasteiger partial charge < -0.3 is 0 Å². The minimum atomic E-state index is -4.30. The maximum Gasteiger partial charge on any atom is 0.316 e. The minimum absolute atomic E-state index is 0.0173. The van der Waals surface area contributed by atoms with E-state index in [1.165, 1.54) is 0 Å². The number of imide groups is 1. The van der Waals surface area contributed by atoms with Crippen molar-refractivity contribution in [2.75, 3.05) is 0 Å². The molecule has 1 aliphatic heterocycles. The largest absolute Gasteiger partial charge is 0.316 e. The number of hydrogen-bond acceptors (Lipinski definition) is 6. The molecule has 0 saturated carbocycles. The van der Waals surface area contributed by atoms with Crippen LogP contribution in [-0.2, 0) is 19.6 Å². The third-order valence-electron chi connectivity index (χ3n) is 2.96. The maximum absolute atomic E-state index is 12.3. The van der Waals surface area contributed by atoms with Gasteiger partial charge in [-0.25, -0.2) is 8.42 Å². The summed E-state index contributed by atoms with van der Waals surface area (Å²) in [5.74, 6) is -2.59. The Morgan fingerprint density at radius 3 is 2.05 bits per heavy atom. The van der Waals surface area contributed by atoms with Crippen molar-refractivity contribution in [1.82, 2.24) is 4.31 Å². The van der Waals surface area contributed by atoms with E-state index < -0.39 is 27.7 Å². The van der Waals surface area contributed by atoms with E-state index >= 15 is 0 Å². The summed E-state index contributed by atoms with van der Waals surface area (Å²) in [6.45, 7) is 0. The maximum atomic E-state index is 12.3. The molecule has 1 saturated heterocycles. The molecule has 0 radical (unpaired) electrons. The molecular weight excluding hydrogens is 300 g/mol. The molecule has 1 aromatic carbocycles. The molecule has 0 unspecified atom stereocenters. The van der Waals surface area contributed by atoms with Gasteiger partial charge in [-0.15, -0.1) is 4.91 Å². The van der Waals surface area contributed by atoms with Gasteiger partial charge in [0.2, 0.25) is 11.8 Å². The van der Waals surface area contributed by atoms with Gasteiger partial charge in [0.25, 0.3) is 10.0 Å². The van der Waals surface area contributed by atoms with Gasteiger partial charge in [0, 0.05) is 23.6 Å². The third kappa shape index (κ3) is 2.72. The molecule has 0 bridgehead atoms. The molecule has 0 aliphatic carbocycles. The summed E-state index contributed by atoms with van der Waals surface area (Å²) in [5.41, 5.74) is -0.0831. The molecule has 110 valence electrons. The Hall–Kier alpha value is -2.42. The van der Waals surface area contributed by atoms with Crippen LogP contribution in [0.15, 0.2) is 34.3 Å². The van der Waals surface area contributed by atoms with E-state index in [1.54, 1.807) is 0 Å². The van der Waals surface area contributed by atoms with E-state index in [4.69, 9.17) is 0 Å². The minimum Gasteiger partial charge on any atom is -0.273 e. The summed E-state index contributed by atoms with van der Waals surface area (Å²) in [7, 11) is -4.30. The van der Waals surface area contributed by atoms with Crippen molar-refractivity contribution in [3.05, 3.63) is 34.7 Å². The second-order valence-corrected chi connectivity index (χ2v) is 6.12. The molecule has 2 rings (SSSR count). The SMILES string of the molecule is O=NC(=O)c1ccc(S(=O)(=O)N2C(=O)CCCC2=O)cc1. The van der Waals surface area contributed by atoms with Crippen molar-refractivity contribution in [1.29, 1.82) is 0 Å². The number of rotatable bonds is 3. The average molecular weight is 310 g/mol. The number of piperidine rings is 1. The summed E-state index contributed by atoms with van der Waals surface area (Å²) >= 11 is 0. The first-order valence-corrected chi connectivity index (χ1v) is 7.40. The van der Waals surface area contributed by atoms with Gasteiger partial charge in [-0.3, -0.25) is 14.4 Å². The van der Waals surface area contributed by atoms with Gasteiger partial charge in [-0.2, -0.15) is 4.31 Å². The lowest BCUT2D eigenvalue weighted by molar-refractivity contribution is -0.141. The second kappa shape index (κ2) is 5.52. The summed E-state index contributed by atoms with van der Waals surface area (Å²) in [4.78, 5) is 44.1. The Morgan fingerprint density at radius 2 is 1.57 bits per heavy atom. The molecule has 1 aliphatic rings. The Labute approximate surface area is 119 Å². The highest BCUT2D eigenvalue weighted by Gasteiger charge is 2.37. The number of amides is 3. The predicted molar refractivity (Wildman–Crippen MR) is 69.5 cm³/mol. The lowest BCUT2D eigenvalue weighted by Crippen LogP contribution is -2.44. The van der Waals surface area contributed by atoms with Crippen LogP contribution < -0.4 is 0 Å². The summed E-state index contributed by atoms with van der Waals surface area (Å²) in [5, 5.41) is 2.21. The van der Waals surface area contributed by atoms with Crippen LogP contribution in [0.3, 0.4) is 0 Å². The molecule has 1 aromatic rings. The molecule has 21 heavy (non-hydrogen) atoms. The number of sulfonamides is 1. The average Bonchev–Trinajstić information content (AvgIpc) is 2.46. The van der Waals surface area contributed by atoms with Crippen LogP contribution in [-0.4, -0.2) is 30.4 Å². The first kappa shape index (κ1) is 15.0. The van der Waals surface area contributed by atoms with Crippen LogP contribution in [0.1, 0.15) is 29.6 Å². The van der Waals surface area contributed by atoms with Gasteiger partial charge in [-0.05, 0) is 30.7 Å². The molecule has 0 aromatic heterocycles. The fourth-order valence-electron chi connectivity index (χ4n) is 1.93. The Morgan fingerprint density at radius 1 is 1.05 bits per heavy atom. The zero-order chi connectivity index (χ0) is 15.6. The number of hydrogen-bond donors (Lipinski definition) is 0. The molecule has 1 heterocycles. The van der Waals surface area contributed by atoms with Crippen LogP contribution >= 0.6 is 0 Å². The Kier molecular flexibility index (Phi) is 3.94. The van der Waals surface area contributed by atoms with E-state index in [1.807, 2.05) is 0 Å². The first-order valence-electron chi connectivity index (χ1n) is 5.96. The van der Waals surface area contributed by atoms with Crippen molar-refractivity contribution in [2.45, 2.75) is 24.2 Å². The van der Waals surface area contributed by atoms with Gasteiger partial charge in [-0.1, -0.05) is 0 Å². The molecule has 0 atom stereocenters. The van der Waals surface area contributed by atoms with Gasteiger partial charge in [0.05, 0.1) is 4.90 Å². The van der Waals surface area contributed by atoms with E-state index in [-0.39, 0.29) is 27.6 Å². The summed E-state index contributed by atoms with van der Waals surface area (Å²) in [6.07, 6.45) is 0.287. The van der Waals surface area contributed by atoms with Crippen molar-refractivity contribution >= 4 is 27.7 Å². The molecular formula is C12H10N2O6S. The third-order valence-corrected chi connectivity index (χ3v) is 4.71. The molecule has 3 amide bonds. The molecule has 0 N–H and O–H groups in total. The van der Waals surface area contributed by atoms with Crippen molar-refractivity contribution < 1.29 is 22.8 Å². The predicted octanol–water partition coefficient (Wildman–Crippen LogP) is 0.821. The number of benzene rings is 1. The zero-order valence-corrected chi connectivity index (χ0v) is 11.5. The van der Waals surface area contributed by atoms with Crippen LogP contribution in [0.5, 0.6) is 0 Å². The number of carbonyl (C=O) groups is 3. The topological polar surface area (TPSA) is 118 Å². The normalized spacial score (nSPS) is 15.9. The molecule has 1 fully saturated rings. The Bertz CT molecular complexity index is 707. The van der Waals surface area contributed by atoms with Crippen LogP contribution in [0.2, 0.25) is 0 Å². The number of nitrogens with zero attached hydrogens (tertiary/aromatic N) is 2. The van der Waals surface area contributed by atoms with E-state index in [9.17, 15) is 27.7 Å². The van der Waals surface area contributed by atoms with Gasteiger partial charge in [0.15, 0.2) is 0 Å². The summed E-state index contributed by atoms with van der Waals surface area (Å²) < 4.78 is 24.8. The standard InChI is InChI=1S/C12H10N2O6S/c15-10-2-1-3-11(16)14(10)21(19,20)9-6-4-8(5-7-9)12(17)13-18/h4-7H,1-3H2. The summed E-state index contributed by atoms with van der Waals surface area (Å²) in [6, 6.07) is 4.27. The highest BCUT2D eigenvalue weighted by atomic mass is 32.2. The van der Waals surface area contributed by atoms with Gasteiger partial charge in [0.1, 0.15) is 0 Å². The van der Waals surface area contributed by atoms with Crippen molar-refractivity contribution in [3.63, 3.8) is 0 Å². The van der Waals surface area contributed by atoms with Crippen molar-refractivity contribution in [3.8, 4) is 0 Å². The zero-order valence-electron chi connectivity index (χ0n) is 10.7. The van der Waals surface area contributed by atoms with Crippen LogP contribution in [0.25, 0.3) is 0 Å². The first-order chi connectivity index (χ1) is 9.87. The van der Waals surface area contributed by atoms with E-state index in [0.29, 0.717) is 6.42 Å². The number of carbonyl (C=O) groups excluding carboxylic acids is 3. The second-order valence-electron chi connectivity index (χ2n) is 4.33. The molecule has 0 spiro atoms. The molecule has 9 heteroatoms. The van der Waals surface area contributed by atoms with Gasteiger partial charge >= 0.3 is 5.91 Å².